The highest BCUT2D eigenvalue weighted by Crippen LogP contribution is 2.35. The highest BCUT2D eigenvalue weighted by atomic mass is 15.0. The van der Waals surface area contributed by atoms with E-state index in [1.807, 2.05) is 0 Å². The van der Waals surface area contributed by atoms with E-state index in [1.54, 1.807) is 0 Å². The Morgan fingerprint density at radius 2 is 0.906 bits per heavy atom. The first-order chi connectivity index (χ1) is 30.0. The number of nitrogens with zero attached hydrogens (tertiary/aromatic N) is 8. The van der Waals surface area contributed by atoms with E-state index in [0.717, 1.165) is 75.5 Å². The lowest BCUT2D eigenvalue weighted by Crippen LogP contribution is -2.07. The van der Waals surface area contributed by atoms with Gasteiger partial charge in [0.1, 0.15) is 11.6 Å². The number of nitrogens with one attached hydrogen (secondary N) is 2. The van der Waals surface area contributed by atoms with Crippen LogP contribution in [0.15, 0.2) is 34.3 Å². The van der Waals surface area contributed by atoms with Crippen LogP contribution in [0, 0.1) is 39.5 Å². The second-order valence-corrected chi connectivity index (χ2v) is 20.4. The zero-order chi connectivity index (χ0) is 47.5. The summed E-state index contributed by atoms with van der Waals surface area (Å²) in [5.74, 6) is 7.68. The smallest absolute Gasteiger partial charge is 0.178 e. The summed E-state index contributed by atoms with van der Waals surface area (Å²) in [6.45, 7) is 43.4. The second-order valence-electron chi connectivity index (χ2n) is 20.4. The van der Waals surface area contributed by atoms with Crippen LogP contribution >= 0.6 is 0 Å². The minimum absolute atomic E-state index is 0.409. The molecule has 0 saturated heterocycles. The number of aromatic nitrogens is 8. The van der Waals surface area contributed by atoms with Gasteiger partial charge in [0.25, 0.3) is 0 Å². The predicted octanol–water partition coefficient (Wildman–Crippen LogP) is 14.6. The van der Waals surface area contributed by atoms with E-state index in [4.69, 9.17) is 15.0 Å². The van der Waals surface area contributed by atoms with Gasteiger partial charge in [0.2, 0.25) is 0 Å². The molecule has 8 heterocycles. The minimum atomic E-state index is 0.409. The molecule has 10 nitrogen and oxygen atoms in total. The quantitative estimate of drug-likeness (QED) is 0.156. The molecule has 64 heavy (non-hydrogen) atoms. The van der Waals surface area contributed by atoms with Crippen LogP contribution in [-0.4, -0.2) is 51.3 Å². The number of fused-ring (bicyclic) bond motifs is 4. The first kappa shape index (κ1) is 49.9. The highest BCUT2D eigenvalue weighted by Gasteiger charge is 2.24. The average Bonchev–Trinajstić information content (AvgIpc) is 4.05. The lowest BCUT2D eigenvalue weighted by molar-refractivity contribution is 0.795. The Kier molecular flexibility index (Phi) is 16.2. The number of H-pyrrole nitrogens is 2. The summed E-state index contributed by atoms with van der Waals surface area (Å²) >= 11 is 0. The summed E-state index contributed by atoms with van der Waals surface area (Å²) in [4.78, 5) is 43.7. The summed E-state index contributed by atoms with van der Waals surface area (Å²) in [7, 11) is 0. The summed E-state index contributed by atoms with van der Waals surface area (Å²) in [6, 6.07) is 8.44. The van der Waals surface area contributed by atoms with Crippen molar-refractivity contribution < 1.29 is 0 Å². The number of aryl methyl sites for hydroxylation is 1. The third kappa shape index (κ3) is 11.4. The van der Waals surface area contributed by atoms with Gasteiger partial charge in [0, 0.05) is 70.0 Å². The van der Waals surface area contributed by atoms with E-state index in [1.165, 1.54) is 50.5 Å². The van der Waals surface area contributed by atoms with Crippen LogP contribution in [0.2, 0.25) is 0 Å². The monoisotopic (exact) mass is 867 g/mol. The third-order valence-corrected chi connectivity index (χ3v) is 12.4. The Morgan fingerprint density at radius 3 is 1.47 bits per heavy atom. The SMILES string of the molecule is CC(C)C1=Nc2nc(C(C)C)ccc2C1.CC(C)c1ccc2[nH]c(C(C)C)nc2n1.Cc1c(C(C)C)nc2c(c1C)CC(C(C)C)=N2.Cc1c(C(C)C)nc2nc(C(C)C)[nH]c2c1C. The highest BCUT2D eigenvalue weighted by molar-refractivity contribution is 5.95. The summed E-state index contributed by atoms with van der Waals surface area (Å²) in [6.07, 6.45) is 1.98. The van der Waals surface area contributed by atoms with Gasteiger partial charge in [-0.25, -0.2) is 39.9 Å². The molecular weight excluding hydrogens is 789 g/mol. The number of pyridine rings is 4. The number of hydrogen-bond donors (Lipinski definition) is 2. The molecule has 2 N–H and O–H groups in total. The normalized spacial score (nSPS) is 13.2. The van der Waals surface area contributed by atoms with Gasteiger partial charge < -0.3 is 9.97 Å². The molecule has 0 saturated carbocycles. The summed E-state index contributed by atoms with van der Waals surface area (Å²) in [5.41, 5.74) is 18.9. The van der Waals surface area contributed by atoms with E-state index in [9.17, 15) is 0 Å². The molecule has 0 spiro atoms. The first-order valence-corrected chi connectivity index (χ1v) is 23.9. The molecule has 0 amide bonds. The number of hydrogen-bond acceptors (Lipinski definition) is 8. The molecule has 344 valence electrons. The molecule has 2 aliphatic rings. The fourth-order valence-electron chi connectivity index (χ4n) is 7.82. The molecule has 0 fully saturated rings. The van der Waals surface area contributed by atoms with E-state index in [0.29, 0.717) is 47.3 Å². The van der Waals surface area contributed by atoms with Gasteiger partial charge >= 0.3 is 0 Å². The van der Waals surface area contributed by atoms with Crippen LogP contribution in [0.1, 0.15) is 214 Å². The molecule has 0 aromatic carbocycles. The largest absolute Gasteiger partial charge is 0.340 e. The Bertz CT molecular complexity index is 2620. The van der Waals surface area contributed by atoms with Crippen LogP contribution < -0.4 is 0 Å². The number of imidazole rings is 2. The Hall–Kier alpha value is -5.12. The van der Waals surface area contributed by atoms with Gasteiger partial charge in [0.15, 0.2) is 22.9 Å². The number of aromatic amines is 2. The maximum Gasteiger partial charge on any atom is 0.178 e. The minimum Gasteiger partial charge on any atom is -0.340 e. The zero-order valence-electron chi connectivity index (χ0n) is 42.9. The van der Waals surface area contributed by atoms with Crippen molar-refractivity contribution in [2.24, 2.45) is 21.8 Å². The molecule has 0 atom stereocenters. The zero-order valence-corrected chi connectivity index (χ0v) is 42.9. The average molecular weight is 867 g/mol. The predicted molar refractivity (Wildman–Crippen MR) is 271 cm³/mol. The molecule has 6 aromatic heterocycles. The van der Waals surface area contributed by atoms with Crippen LogP contribution in [-0.2, 0) is 12.8 Å². The lowest BCUT2D eigenvalue weighted by Gasteiger charge is -2.14. The van der Waals surface area contributed by atoms with Crippen LogP contribution in [0.3, 0.4) is 0 Å². The van der Waals surface area contributed by atoms with Crippen molar-refractivity contribution in [3.8, 4) is 0 Å². The maximum absolute atomic E-state index is 4.76. The Balaban J connectivity index is 0.000000161. The number of aliphatic imine (C=N–C) groups is 2. The fourth-order valence-corrected chi connectivity index (χ4v) is 7.82. The van der Waals surface area contributed by atoms with Crippen LogP contribution in [0.4, 0.5) is 11.6 Å². The third-order valence-electron chi connectivity index (χ3n) is 12.4. The van der Waals surface area contributed by atoms with Gasteiger partial charge in [0.05, 0.1) is 11.0 Å². The first-order valence-electron chi connectivity index (χ1n) is 23.9. The van der Waals surface area contributed by atoms with E-state index in [2.05, 4.69) is 198 Å². The number of rotatable bonds is 8. The van der Waals surface area contributed by atoms with Crippen molar-refractivity contribution >= 4 is 45.4 Å². The molecule has 6 aromatic rings. The van der Waals surface area contributed by atoms with Crippen LogP contribution in [0.5, 0.6) is 0 Å². The maximum atomic E-state index is 4.76. The molecule has 0 bridgehead atoms. The van der Waals surface area contributed by atoms with Gasteiger partial charge in [-0.05, 0) is 104 Å². The standard InChI is InChI=1S/C15H22N2.C14H21N3.C13H18N2.C12H17N3/c1-8(2)13-7-12-10(5)11(6)14(9(3)4)17-15(12)16-13;1-7(2)11-9(5)10(6)12-14(15-11)17-13(16-12)8(3)4;1-8(2)11-6-5-10-7-12(9(3)4)15-13(10)14-11;1-7(2)9-5-6-10-12(13-9)15-11(14-10)8(3)4/h8-9H,7H2,1-6H3;7-8H,1-6H3,(H,15,16,17);5-6,8-9H,7H2,1-4H3;5-8H,1-4H3,(H,13,14,15). The molecule has 2 aliphatic heterocycles. The molecular formula is C54H78N10. The van der Waals surface area contributed by atoms with Crippen molar-refractivity contribution in [2.75, 3.05) is 0 Å². The topological polar surface area (TPSA) is 134 Å². The van der Waals surface area contributed by atoms with Gasteiger partial charge in [-0.1, -0.05) is 117 Å². The summed E-state index contributed by atoms with van der Waals surface area (Å²) in [5, 5.41) is 0. The van der Waals surface area contributed by atoms with E-state index < -0.39 is 0 Å². The molecule has 8 rings (SSSR count). The van der Waals surface area contributed by atoms with Crippen molar-refractivity contribution in [1.29, 1.82) is 0 Å². The molecule has 0 radical (unpaired) electrons. The Morgan fingerprint density at radius 1 is 0.406 bits per heavy atom. The van der Waals surface area contributed by atoms with E-state index >= 15 is 0 Å². The fraction of sp³-hybridized carbons (Fsp3) is 0.556. The van der Waals surface area contributed by atoms with Crippen molar-refractivity contribution in [3.05, 3.63) is 92.1 Å². The molecule has 0 aliphatic carbocycles. The van der Waals surface area contributed by atoms with E-state index in [-0.39, 0.29) is 0 Å². The van der Waals surface area contributed by atoms with Gasteiger partial charge in [-0.15, -0.1) is 0 Å². The van der Waals surface area contributed by atoms with Gasteiger partial charge in [-0.3, -0.25) is 0 Å². The summed E-state index contributed by atoms with van der Waals surface area (Å²) < 4.78 is 0. The lowest BCUT2D eigenvalue weighted by atomic mass is 9.94. The second kappa shape index (κ2) is 20.8. The Labute approximate surface area is 384 Å². The molecule has 10 heteroatoms. The van der Waals surface area contributed by atoms with Crippen molar-refractivity contribution in [3.63, 3.8) is 0 Å². The van der Waals surface area contributed by atoms with Crippen molar-refractivity contribution in [1.82, 2.24) is 39.9 Å². The van der Waals surface area contributed by atoms with Crippen molar-refractivity contribution in [2.45, 2.75) is 187 Å². The van der Waals surface area contributed by atoms with Gasteiger partial charge in [-0.2, -0.15) is 0 Å². The van der Waals surface area contributed by atoms with Crippen LogP contribution in [0.25, 0.3) is 22.3 Å². The molecule has 0 unspecified atom stereocenters.